The van der Waals surface area contributed by atoms with Crippen LogP contribution < -0.4 is 20.3 Å². The first-order chi connectivity index (χ1) is 12.0. The zero-order valence-electron chi connectivity index (χ0n) is 14.3. The van der Waals surface area contributed by atoms with Crippen LogP contribution in [0.15, 0.2) is 24.3 Å². The summed E-state index contributed by atoms with van der Waals surface area (Å²) in [4.78, 5) is 38.8. The fourth-order valence-electron chi connectivity index (χ4n) is 3.11. The van der Waals surface area contributed by atoms with Gasteiger partial charge in [0.2, 0.25) is 5.91 Å². The van der Waals surface area contributed by atoms with Crippen LogP contribution in [0.4, 0.5) is 10.5 Å². The number of hydrogen-bond acceptors (Lipinski definition) is 5. The third-order valence-electron chi connectivity index (χ3n) is 4.45. The summed E-state index contributed by atoms with van der Waals surface area (Å²) in [5.74, 6) is 0.128. The number of nitrogens with one attached hydrogen (secondary N) is 2. The Morgan fingerprint density at radius 3 is 2.80 bits per heavy atom. The van der Waals surface area contributed by atoms with E-state index >= 15 is 0 Å². The predicted octanol–water partition coefficient (Wildman–Crippen LogP) is 0.330. The number of anilines is 1. The molecule has 2 aliphatic heterocycles. The molecule has 8 nitrogen and oxygen atoms in total. The Bertz CT molecular complexity index is 693. The lowest BCUT2D eigenvalue weighted by Gasteiger charge is -2.37. The van der Waals surface area contributed by atoms with Crippen molar-refractivity contribution in [2.75, 3.05) is 31.6 Å². The number of likely N-dealkylation sites (N-methyl/N-ethyl adjacent to an activating group) is 2. The van der Waals surface area contributed by atoms with Crippen LogP contribution in [0.25, 0.3) is 0 Å². The summed E-state index contributed by atoms with van der Waals surface area (Å²) in [6, 6.07) is 6.47. The van der Waals surface area contributed by atoms with E-state index in [-0.39, 0.29) is 18.4 Å². The fourth-order valence-corrected chi connectivity index (χ4v) is 3.11. The minimum Gasteiger partial charge on any atom is -0.485 e. The van der Waals surface area contributed by atoms with E-state index < -0.39 is 18.0 Å². The average Bonchev–Trinajstić information content (AvgIpc) is 2.91. The first kappa shape index (κ1) is 17.1. The second kappa shape index (κ2) is 7.00. The van der Waals surface area contributed by atoms with Crippen molar-refractivity contribution < 1.29 is 19.1 Å². The summed E-state index contributed by atoms with van der Waals surface area (Å²) in [5.41, 5.74) is 1.06. The fraction of sp³-hybridized carbons (Fsp3) is 0.471. The second-order valence-electron chi connectivity index (χ2n) is 6.24. The molecule has 0 radical (unpaired) electrons. The highest BCUT2D eigenvalue weighted by molar-refractivity contribution is 6.05. The summed E-state index contributed by atoms with van der Waals surface area (Å²) in [5, 5.41) is 4.56. The van der Waals surface area contributed by atoms with Gasteiger partial charge in [0.15, 0.2) is 0 Å². The van der Waals surface area contributed by atoms with Crippen LogP contribution in [-0.4, -0.2) is 61.6 Å². The van der Waals surface area contributed by atoms with Gasteiger partial charge in [-0.2, -0.15) is 0 Å². The average molecular weight is 346 g/mol. The van der Waals surface area contributed by atoms with Gasteiger partial charge in [0.1, 0.15) is 17.9 Å². The Morgan fingerprint density at radius 1 is 1.36 bits per heavy atom. The van der Waals surface area contributed by atoms with E-state index in [4.69, 9.17) is 4.74 Å². The van der Waals surface area contributed by atoms with Crippen molar-refractivity contribution >= 4 is 23.5 Å². The first-order valence-corrected chi connectivity index (χ1v) is 8.34. The molecule has 2 heterocycles. The molecule has 1 aromatic carbocycles. The maximum atomic E-state index is 12.3. The van der Waals surface area contributed by atoms with Crippen LogP contribution in [0.1, 0.15) is 13.3 Å². The molecule has 25 heavy (non-hydrogen) atoms. The summed E-state index contributed by atoms with van der Waals surface area (Å²) in [6.07, 6.45) is -0.217. The number of benzene rings is 1. The van der Waals surface area contributed by atoms with Crippen molar-refractivity contribution in [1.29, 1.82) is 0 Å². The highest BCUT2D eigenvalue weighted by Crippen LogP contribution is 2.32. The Hall–Kier alpha value is -2.77. The van der Waals surface area contributed by atoms with Crippen LogP contribution in [-0.2, 0) is 9.59 Å². The van der Waals surface area contributed by atoms with E-state index in [0.717, 1.165) is 18.0 Å². The number of urea groups is 1. The third-order valence-corrected chi connectivity index (χ3v) is 4.45. The van der Waals surface area contributed by atoms with Crippen LogP contribution in [0, 0.1) is 0 Å². The molecule has 1 aromatic rings. The topological polar surface area (TPSA) is 91.0 Å². The van der Waals surface area contributed by atoms with Crippen LogP contribution in [0.3, 0.4) is 0 Å². The zero-order chi connectivity index (χ0) is 18.0. The van der Waals surface area contributed by atoms with E-state index in [1.807, 2.05) is 24.3 Å². The number of carbonyl (C=O) groups is 3. The lowest BCUT2D eigenvalue weighted by Crippen LogP contribution is -2.47. The maximum absolute atomic E-state index is 12.3. The number of ether oxygens (including phenoxy) is 1. The summed E-state index contributed by atoms with van der Waals surface area (Å²) in [7, 11) is 1.68. The molecule has 1 saturated heterocycles. The quantitative estimate of drug-likeness (QED) is 0.750. The number of amides is 4. The van der Waals surface area contributed by atoms with Crippen LogP contribution >= 0.6 is 0 Å². The van der Waals surface area contributed by atoms with Gasteiger partial charge >= 0.3 is 6.03 Å². The van der Waals surface area contributed by atoms with E-state index in [9.17, 15) is 14.4 Å². The molecule has 4 amide bonds. The number of rotatable bonds is 5. The molecule has 2 atom stereocenters. The predicted molar refractivity (Wildman–Crippen MR) is 91.5 cm³/mol. The largest absolute Gasteiger partial charge is 0.485 e. The molecule has 0 bridgehead atoms. The van der Waals surface area contributed by atoms with Crippen LogP contribution in [0.2, 0.25) is 0 Å². The van der Waals surface area contributed by atoms with E-state index in [0.29, 0.717) is 13.1 Å². The number of fused-ring (bicyclic) bond motifs is 1. The zero-order valence-corrected chi connectivity index (χ0v) is 14.3. The molecule has 134 valence electrons. The maximum Gasteiger partial charge on any atom is 0.322 e. The van der Waals surface area contributed by atoms with Gasteiger partial charge in [0.05, 0.1) is 25.2 Å². The Labute approximate surface area is 146 Å². The number of para-hydroxylation sites is 2. The second-order valence-corrected chi connectivity index (χ2v) is 6.24. The van der Waals surface area contributed by atoms with Crippen molar-refractivity contribution in [3.63, 3.8) is 0 Å². The van der Waals surface area contributed by atoms with Gasteiger partial charge in [-0.1, -0.05) is 12.1 Å². The smallest absolute Gasteiger partial charge is 0.322 e. The van der Waals surface area contributed by atoms with E-state index in [1.165, 1.54) is 0 Å². The van der Waals surface area contributed by atoms with Gasteiger partial charge in [0.25, 0.3) is 5.91 Å². The van der Waals surface area contributed by atoms with Gasteiger partial charge in [-0.25, -0.2) is 4.79 Å². The summed E-state index contributed by atoms with van der Waals surface area (Å²) >= 11 is 0. The van der Waals surface area contributed by atoms with Crippen molar-refractivity contribution in [3.05, 3.63) is 24.3 Å². The lowest BCUT2D eigenvalue weighted by atomic mass is 10.1. The molecule has 0 spiro atoms. The van der Waals surface area contributed by atoms with Gasteiger partial charge in [-0.15, -0.1) is 0 Å². The van der Waals surface area contributed by atoms with Crippen molar-refractivity contribution in [3.8, 4) is 5.75 Å². The van der Waals surface area contributed by atoms with Crippen molar-refractivity contribution in [1.82, 2.24) is 15.5 Å². The molecule has 2 aliphatic rings. The Kier molecular flexibility index (Phi) is 4.78. The van der Waals surface area contributed by atoms with E-state index in [1.54, 1.807) is 11.9 Å². The standard InChI is InChI=1S/C17H22N4O4/c1-3-21-10-11(25-14-7-5-4-6-13(14)21)9-20(2)15(22)8-12-16(23)19-17(24)18-12/h4-7,11-12H,3,8-10H2,1-2H3,(H2,18,19,23,24)/t11-,12+/m0/s1. The van der Waals surface area contributed by atoms with Gasteiger partial charge in [-0.05, 0) is 19.1 Å². The highest BCUT2D eigenvalue weighted by Gasteiger charge is 2.33. The molecule has 3 rings (SSSR count). The van der Waals surface area contributed by atoms with Crippen LogP contribution in [0.5, 0.6) is 5.75 Å². The van der Waals surface area contributed by atoms with Crippen molar-refractivity contribution in [2.45, 2.75) is 25.5 Å². The number of carbonyl (C=O) groups excluding carboxylic acids is 3. The summed E-state index contributed by atoms with van der Waals surface area (Å²) < 4.78 is 6.01. The number of imide groups is 1. The Balaban J connectivity index is 1.59. The molecular weight excluding hydrogens is 324 g/mol. The molecule has 8 heteroatoms. The van der Waals surface area contributed by atoms with Gasteiger partial charge < -0.3 is 19.9 Å². The molecule has 0 aliphatic carbocycles. The molecule has 2 N–H and O–H groups in total. The third kappa shape index (κ3) is 3.67. The SMILES string of the molecule is CCN1C[C@H](CN(C)C(=O)C[C@H]2NC(=O)NC2=O)Oc2ccccc21. The van der Waals surface area contributed by atoms with Gasteiger partial charge in [0, 0.05) is 13.6 Å². The molecule has 0 saturated carbocycles. The Morgan fingerprint density at radius 2 is 2.12 bits per heavy atom. The molecule has 1 fully saturated rings. The normalized spacial score (nSPS) is 21.9. The molecular formula is C17H22N4O4. The number of hydrogen-bond donors (Lipinski definition) is 2. The monoisotopic (exact) mass is 346 g/mol. The minimum absolute atomic E-state index is 0.0606. The number of nitrogens with zero attached hydrogens (tertiary/aromatic N) is 2. The molecule has 0 unspecified atom stereocenters. The van der Waals surface area contributed by atoms with E-state index in [2.05, 4.69) is 22.5 Å². The highest BCUT2D eigenvalue weighted by atomic mass is 16.5. The van der Waals surface area contributed by atoms with Gasteiger partial charge in [-0.3, -0.25) is 14.9 Å². The first-order valence-electron chi connectivity index (χ1n) is 8.34. The minimum atomic E-state index is -0.803. The lowest BCUT2D eigenvalue weighted by molar-refractivity contribution is -0.133. The molecule has 0 aromatic heterocycles. The van der Waals surface area contributed by atoms with Crippen molar-refractivity contribution in [2.24, 2.45) is 0 Å². The summed E-state index contributed by atoms with van der Waals surface area (Å²) in [6.45, 7) is 4.02.